The quantitative estimate of drug-likeness (QED) is 0.808. The molecule has 0 atom stereocenters. The van der Waals surface area contributed by atoms with Crippen LogP contribution in [0.1, 0.15) is 30.5 Å². The van der Waals surface area contributed by atoms with Crippen LogP contribution in [0.25, 0.3) is 6.08 Å². The topological polar surface area (TPSA) is 59.9 Å². The van der Waals surface area contributed by atoms with Gasteiger partial charge in [-0.1, -0.05) is 35.9 Å². The first-order chi connectivity index (χ1) is 12.6. The van der Waals surface area contributed by atoms with Crippen molar-refractivity contribution in [2.75, 3.05) is 13.2 Å². The average molecular weight is 350 g/mol. The van der Waals surface area contributed by atoms with Crippen LogP contribution in [0.2, 0.25) is 0 Å². The molecule has 1 aliphatic heterocycles. The predicted molar refractivity (Wildman–Crippen MR) is 103 cm³/mol. The Labute approximate surface area is 153 Å². The number of amides is 1. The Bertz CT molecular complexity index is 867. The van der Waals surface area contributed by atoms with Gasteiger partial charge in [-0.3, -0.25) is 4.79 Å². The number of ether oxygens (including phenoxy) is 2. The van der Waals surface area contributed by atoms with Crippen LogP contribution in [0, 0.1) is 6.92 Å². The number of nitrogens with one attached hydrogen (secondary N) is 1. The number of carbonyl (C=O) groups is 1. The summed E-state index contributed by atoms with van der Waals surface area (Å²) in [5, 5.41) is 2.82. The molecule has 0 aromatic heterocycles. The number of amidine groups is 1. The largest absolute Gasteiger partial charge is 0.490 e. The summed E-state index contributed by atoms with van der Waals surface area (Å²) in [5.41, 5.74) is 3.24. The molecule has 0 fully saturated rings. The van der Waals surface area contributed by atoms with Crippen LogP contribution >= 0.6 is 0 Å². The van der Waals surface area contributed by atoms with Gasteiger partial charge in [0.25, 0.3) is 5.91 Å². The second kappa shape index (κ2) is 7.87. The van der Waals surface area contributed by atoms with Crippen LogP contribution in [0.4, 0.5) is 0 Å². The number of rotatable bonds is 6. The lowest BCUT2D eigenvalue weighted by molar-refractivity contribution is -0.115. The SMILES string of the molecule is CCOc1ccc(/C=C2/N=C(c3ccc(C)cc3)NC2=O)cc1OCC. The van der Waals surface area contributed by atoms with Crippen molar-refractivity contribution in [1.82, 2.24) is 5.32 Å². The van der Waals surface area contributed by atoms with Gasteiger partial charge in [-0.15, -0.1) is 0 Å². The molecule has 1 aliphatic rings. The molecule has 1 heterocycles. The van der Waals surface area contributed by atoms with Crippen LogP contribution in [-0.4, -0.2) is 25.0 Å². The lowest BCUT2D eigenvalue weighted by atomic mass is 10.1. The average Bonchev–Trinajstić information content (AvgIpc) is 2.99. The zero-order chi connectivity index (χ0) is 18.5. The molecule has 1 amide bonds. The number of benzene rings is 2. The Kier molecular flexibility index (Phi) is 5.37. The summed E-state index contributed by atoms with van der Waals surface area (Å²) in [4.78, 5) is 16.7. The smallest absolute Gasteiger partial charge is 0.275 e. The number of nitrogens with zero attached hydrogens (tertiary/aromatic N) is 1. The van der Waals surface area contributed by atoms with Crippen molar-refractivity contribution < 1.29 is 14.3 Å². The van der Waals surface area contributed by atoms with Gasteiger partial charge in [0, 0.05) is 5.56 Å². The molecule has 0 aliphatic carbocycles. The van der Waals surface area contributed by atoms with E-state index in [9.17, 15) is 4.79 Å². The Hall–Kier alpha value is -3.08. The predicted octanol–water partition coefficient (Wildman–Crippen LogP) is 3.71. The lowest BCUT2D eigenvalue weighted by Crippen LogP contribution is -2.24. The molecule has 0 radical (unpaired) electrons. The van der Waals surface area contributed by atoms with E-state index < -0.39 is 0 Å². The van der Waals surface area contributed by atoms with Crippen molar-refractivity contribution in [3.05, 3.63) is 64.9 Å². The maximum Gasteiger partial charge on any atom is 0.275 e. The minimum absolute atomic E-state index is 0.215. The van der Waals surface area contributed by atoms with Crippen LogP contribution in [-0.2, 0) is 4.79 Å². The van der Waals surface area contributed by atoms with Gasteiger partial charge < -0.3 is 14.8 Å². The molecule has 5 heteroatoms. The molecule has 134 valence electrons. The first kappa shape index (κ1) is 17.7. The monoisotopic (exact) mass is 350 g/mol. The van der Waals surface area contributed by atoms with E-state index in [1.165, 1.54) is 0 Å². The number of hydrogen-bond acceptors (Lipinski definition) is 4. The molecule has 3 rings (SSSR count). The van der Waals surface area contributed by atoms with Crippen molar-refractivity contribution in [2.45, 2.75) is 20.8 Å². The molecule has 0 saturated carbocycles. The molecule has 26 heavy (non-hydrogen) atoms. The zero-order valence-electron chi connectivity index (χ0n) is 15.2. The van der Waals surface area contributed by atoms with Crippen molar-refractivity contribution in [3.63, 3.8) is 0 Å². The highest BCUT2D eigenvalue weighted by Crippen LogP contribution is 2.29. The third-order valence-electron chi connectivity index (χ3n) is 3.89. The summed E-state index contributed by atoms with van der Waals surface area (Å²) >= 11 is 0. The van der Waals surface area contributed by atoms with Gasteiger partial charge in [-0.2, -0.15) is 0 Å². The van der Waals surface area contributed by atoms with E-state index in [-0.39, 0.29) is 5.91 Å². The summed E-state index contributed by atoms with van der Waals surface area (Å²) in [5.74, 6) is 1.70. The highest BCUT2D eigenvalue weighted by molar-refractivity contribution is 6.19. The van der Waals surface area contributed by atoms with Gasteiger partial charge >= 0.3 is 0 Å². The van der Waals surface area contributed by atoms with E-state index in [4.69, 9.17) is 9.47 Å². The fourth-order valence-corrected chi connectivity index (χ4v) is 2.63. The van der Waals surface area contributed by atoms with E-state index in [0.717, 1.165) is 16.7 Å². The molecule has 2 aromatic carbocycles. The van der Waals surface area contributed by atoms with E-state index in [2.05, 4.69) is 10.3 Å². The first-order valence-electron chi connectivity index (χ1n) is 8.69. The summed E-state index contributed by atoms with van der Waals surface area (Å²) in [6, 6.07) is 13.5. The maximum atomic E-state index is 12.3. The van der Waals surface area contributed by atoms with Crippen molar-refractivity contribution in [1.29, 1.82) is 0 Å². The second-order valence-corrected chi connectivity index (χ2v) is 5.88. The normalized spacial score (nSPS) is 15.0. The summed E-state index contributed by atoms with van der Waals surface area (Å²) in [6.45, 7) is 6.97. The third-order valence-corrected chi connectivity index (χ3v) is 3.89. The molecular weight excluding hydrogens is 328 g/mol. The van der Waals surface area contributed by atoms with Crippen LogP contribution in [0.3, 0.4) is 0 Å². The van der Waals surface area contributed by atoms with Gasteiger partial charge in [0.15, 0.2) is 11.5 Å². The molecule has 2 aromatic rings. The van der Waals surface area contributed by atoms with Crippen molar-refractivity contribution in [2.24, 2.45) is 4.99 Å². The molecule has 1 N–H and O–H groups in total. The van der Waals surface area contributed by atoms with E-state index in [1.807, 2.05) is 63.2 Å². The molecule has 0 saturated heterocycles. The summed E-state index contributed by atoms with van der Waals surface area (Å²) < 4.78 is 11.2. The number of hydrogen-bond donors (Lipinski definition) is 1. The van der Waals surface area contributed by atoms with Crippen LogP contribution in [0.5, 0.6) is 11.5 Å². The highest BCUT2D eigenvalue weighted by Gasteiger charge is 2.21. The Morgan fingerprint density at radius 1 is 1.00 bits per heavy atom. The fourth-order valence-electron chi connectivity index (χ4n) is 2.63. The van der Waals surface area contributed by atoms with E-state index in [1.54, 1.807) is 6.08 Å². The van der Waals surface area contributed by atoms with Crippen molar-refractivity contribution >= 4 is 17.8 Å². The Morgan fingerprint density at radius 2 is 1.69 bits per heavy atom. The summed E-state index contributed by atoms with van der Waals surface area (Å²) in [7, 11) is 0. The van der Waals surface area contributed by atoms with Gasteiger partial charge in [-0.05, 0) is 44.5 Å². The Balaban J connectivity index is 1.90. The lowest BCUT2D eigenvalue weighted by Gasteiger charge is -2.11. The molecule has 5 nitrogen and oxygen atoms in total. The molecule has 0 spiro atoms. The van der Waals surface area contributed by atoms with Gasteiger partial charge in [-0.25, -0.2) is 4.99 Å². The number of aliphatic imine (C=N–C) groups is 1. The second-order valence-electron chi connectivity index (χ2n) is 5.88. The summed E-state index contributed by atoms with van der Waals surface area (Å²) in [6.07, 6.45) is 1.74. The van der Waals surface area contributed by atoms with Gasteiger partial charge in [0.1, 0.15) is 11.5 Å². The Morgan fingerprint density at radius 3 is 2.38 bits per heavy atom. The molecular formula is C21H22N2O3. The fraction of sp³-hybridized carbons (Fsp3) is 0.238. The van der Waals surface area contributed by atoms with Gasteiger partial charge in [0.2, 0.25) is 0 Å². The number of aryl methyl sites for hydroxylation is 1. The number of carbonyl (C=O) groups excluding carboxylic acids is 1. The molecule has 0 unspecified atom stereocenters. The minimum Gasteiger partial charge on any atom is -0.490 e. The third kappa shape index (κ3) is 3.94. The first-order valence-corrected chi connectivity index (χ1v) is 8.69. The standard InChI is InChI=1S/C21H22N2O3/c1-4-25-18-11-8-15(13-19(18)26-5-2)12-17-21(24)23-20(22-17)16-9-6-14(3)7-10-16/h6-13H,4-5H2,1-3H3,(H,22,23,24)/b17-12+. The van der Waals surface area contributed by atoms with E-state index in [0.29, 0.717) is 36.2 Å². The zero-order valence-corrected chi connectivity index (χ0v) is 15.2. The van der Waals surface area contributed by atoms with E-state index >= 15 is 0 Å². The maximum absolute atomic E-state index is 12.3. The van der Waals surface area contributed by atoms with Crippen LogP contribution in [0.15, 0.2) is 53.2 Å². The van der Waals surface area contributed by atoms with Gasteiger partial charge in [0.05, 0.1) is 13.2 Å². The molecule has 0 bridgehead atoms. The van der Waals surface area contributed by atoms with Crippen LogP contribution < -0.4 is 14.8 Å². The van der Waals surface area contributed by atoms with Crippen molar-refractivity contribution in [3.8, 4) is 11.5 Å². The minimum atomic E-state index is -0.215. The highest BCUT2D eigenvalue weighted by atomic mass is 16.5.